The number of anilines is 1. The highest BCUT2D eigenvalue weighted by Gasteiger charge is 2.63. The van der Waals surface area contributed by atoms with E-state index in [9.17, 15) is 31.4 Å². The van der Waals surface area contributed by atoms with Crippen molar-refractivity contribution in [1.29, 1.82) is 0 Å². The standard InChI is InChI=1S/C17H16F6N4OS/c1-14(2,3)12-8-15(28,17(21,22)23)27(26-12)13-24-9(10-5-4-6-29-10)7-11(25-13)16(18,19)20/h4-7,28H,8H2,1-3H3/t15-/m0/s1. The van der Waals surface area contributed by atoms with Crippen LogP contribution in [0.25, 0.3) is 10.6 Å². The summed E-state index contributed by atoms with van der Waals surface area (Å²) in [5.74, 6) is -0.984. The maximum Gasteiger partial charge on any atom is 0.438 e. The van der Waals surface area contributed by atoms with Gasteiger partial charge in [-0.25, -0.2) is 9.97 Å². The highest BCUT2D eigenvalue weighted by Crippen LogP contribution is 2.45. The van der Waals surface area contributed by atoms with Crippen LogP contribution in [-0.4, -0.2) is 32.7 Å². The van der Waals surface area contributed by atoms with E-state index in [2.05, 4.69) is 15.1 Å². The first-order chi connectivity index (χ1) is 13.1. The SMILES string of the molecule is CC(C)(C)C1=NN(c2nc(-c3cccs3)cc(C(F)(F)F)n2)[C@@](O)(C(F)(F)F)C1. The predicted molar refractivity (Wildman–Crippen MR) is 95.3 cm³/mol. The minimum Gasteiger partial charge on any atom is -0.362 e. The van der Waals surface area contributed by atoms with Crippen molar-refractivity contribution < 1.29 is 31.4 Å². The zero-order chi connectivity index (χ0) is 21.8. The Labute approximate surface area is 165 Å². The van der Waals surface area contributed by atoms with Crippen molar-refractivity contribution in [2.75, 3.05) is 5.01 Å². The predicted octanol–water partition coefficient (Wildman–Crippen LogP) is 5.09. The normalized spacial score (nSPS) is 20.9. The fourth-order valence-corrected chi connectivity index (χ4v) is 3.30. The van der Waals surface area contributed by atoms with Gasteiger partial charge < -0.3 is 5.11 Å². The van der Waals surface area contributed by atoms with Gasteiger partial charge >= 0.3 is 12.4 Å². The molecule has 0 unspecified atom stereocenters. The lowest BCUT2D eigenvalue weighted by atomic mass is 9.86. The van der Waals surface area contributed by atoms with Gasteiger partial charge in [0.05, 0.1) is 10.6 Å². The van der Waals surface area contributed by atoms with E-state index in [4.69, 9.17) is 0 Å². The average molecular weight is 438 g/mol. The highest BCUT2D eigenvalue weighted by atomic mass is 32.1. The summed E-state index contributed by atoms with van der Waals surface area (Å²) in [6.45, 7) is 4.74. The molecule has 5 nitrogen and oxygen atoms in total. The van der Waals surface area contributed by atoms with Crippen LogP contribution in [0, 0.1) is 5.41 Å². The molecule has 0 bridgehead atoms. The van der Waals surface area contributed by atoms with Crippen molar-refractivity contribution in [3.63, 3.8) is 0 Å². The number of nitrogens with zero attached hydrogens (tertiary/aromatic N) is 4. The maximum atomic E-state index is 13.7. The smallest absolute Gasteiger partial charge is 0.362 e. The minimum absolute atomic E-state index is 0.0416. The molecule has 12 heteroatoms. The Hall–Kier alpha value is -2.21. The summed E-state index contributed by atoms with van der Waals surface area (Å²) in [7, 11) is 0. The van der Waals surface area contributed by atoms with Gasteiger partial charge in [0.25, 0.3) is 5.72 Å². The van der Waals surface area contributed by atoms with E-state index in [-0.39, 0.29) is 16.4 Å². The van der Waals surface area contributed by atoms with Crippen LogP contribution in [0.3, 0.4) is 0 Å². The van der Waals surface area contributed by atoms with Crippen molar-refractivity contribution >= 4 is 23.0 Å². The number of alkyl halides is 6. The van der Waals surface area contributed by atoms with E-state index < -0.39 is 41.6 Å². The Balaban J connectivity index is 2.23. The molecular formula is C17H16F6N4OS. The van der Waals surface area contributed by atoms with Crippen LogP contribution in [0.5, 0.6) is 0 Å². The second-order valence-electron chi connectivity index (χ2n) is 7.51. The lowest BCUT2D eigenvalue weighted by Gasteiger charge is -2.33. The Kier molecular flexibility index (Phi) is 4.94. The molecule has 2 aromatic heterocycles. The Bertz CT molecular complexity index is 933. The fraction of sp³-hybridized carbons (Fsp3) is 0.471. The third-order valence-electron chi connectivity index (χ3n) is 4.27. The van der Waals surface area contributed by atoms with Crippen molar-refractivity contribution in [2.45, 2.75) is 45.3 Å². The van der Waals surface area contributed by atoms with Crippen LogP contribution in [0.15, 0.2) is 28.7 Å². The number of hydrogen-bond acceptors (Lipinski definition) is 6. The van der Waals surface area contributed by atoms with Gasteiger partial charge in [0, 0.05) is 17.5 Å². The molecule has 1 atom stereocenters. The molecule has 0 fully saturated rings. The first-order valence-corrected chi connectivity index (χ1v) is 9.18. The third kappa shape index (κ3) is 3.95. The van der Waals surface area contributed by atoms with E-state index in [0.717, 1.165) is 11.3 Å². The fourth-order valence-electron chi connectivity index (χ4n) is 2.62. The number of rotatable bonds is 2. The summed E-state index contributed by atoms with van der Waals surface area (Å²) < 4.78 is 81.2. The van der Waals surface area contributed by atoms with E-state index in [1.807, 2.05) is 0 Å². The van der Waals surface area contributed by atoms with Gasteiger partial charge in [0.1, 0.15) is 0 Å². The van der Waals surface area contributed by atoms with Crippen LogP contribution >= 0.6 is 11.3 Å². The molecular weight excluding hydrogens is 422 g/mol. The van der Waals surface area contributed by atoms with E-state index in [1.54, 1.807) is 32.2 Å². The Morgan fingerprint density at radius 2 is 1.76 bits per heavy atom. The van der Waals surface area contributed by atoms with Gasteiger partial charge in [0.2, 0.25) is 5.95 Å². The summed E-state index contributed by atoms with van der Waals surface area (Å²) in [5, 5.41) is 15.8. The van der Waals surface area contributed by atoms with E-state index in [0.29, 0.717) is 10.9 Å². The van der Waals surface area contributed by atoms with Gasteiger partial charge in [-0.3, -0.25) is 0 Å². The Morgan fingerprint density at radius 1 is 1.10 bits per heavy atom. The molecule has 0 aromatic carbocycles. The average Bonchev–Trinajstić information content (AvgIpc) is 3.20. The quantitative estimate of drug-likeness (QED) is 0.664. The number of halogens is 6. The summed E-state index contributed by atoms with van der Waals surface area (Å²) in [5.41, 5.74) is -6.13. The summed E-state index contributed by atoms with van der Waals surface area (Å²) in [6, 6.07) is 3.68. The van der Waals surface area contributed by atoms with Gasteiger partial charge in [-0.05, 0) is 17.5 Å². The first kappa shape index (κ1) is 21.5. The van der Waals surface area contributed by atoms with Crippen molar-refractivity contribution in [1.82, 2.24) is 9.97 Å². The zero-order valence-corrected chi connectivity index (χ0v) is 16.2. The van der Waals surface area contributed by atoms with Gasteiger partial charge in [-0.15, -0.1) is 11.3 Å². The van der Waals surface area contributed by atoms with Gasteiger partial charge in [0.15, 0.2) is 5.69 Å². The van der Waals surface area contributed by atoms with Gasteiger partial charge in [-0.1, -0.05) is 26.8 Å². The Morgan fingerprint density at radius 3 is 2.24 bits per heavy atom. The number of aliphatic hydroxyl groups is 1. The molecule has 0 saturated carbocycles. The molecule has 1 aliphatic heterocycles. The molecule has 1 N–H and O–H groups in total. The molecule has 0 spiro atoms. The van der Waals surface area contributed by atoms with Gasteiger partial charge in [-0.2, -0.15) is 36.5 Å². The highest BCUT2D eigenvalue weighted by molar-refractivity contribution is 7.13. The molecule has 158 valence electrons. The van der Waals surface area contributed by atoms with E-state index in [1.165, 1.54) is 6.07 Å². The molecule has 3 heterocycles. The lowest BCUT2D eigenvalue weighted by Crippen LogP contribution is -2.55. The van der Waals surface area contributed by atoms with Crippen molar-refractivity contribution in [3.05, 3.63) is 29.3 Å². The number of aromatic nitrogens is 2. The van der Waals surface area contributed by atoms with Crippen LogP contribution in [-0.2, 0) is 6.18 Å². The molecule has 29 heavy (non-hydrogen) atoms. The summed E-state index contributed by atoms with van der Waals surface area (Å²) >= 11 is 1.06. The minimum atomic E-state index is -5.22. The van der Waals surface area contributed by atoms with Crippen LogP contribution < -0.4 is 5.01 Å². The zero-order valence-electron chi connectivity index (χ0n) is 15.4. The second-order valence-corrected chi connectivity index (χ2v) is 8.46. The summed E-state index contributed by atoms with van der Waals surface area (Å²) in [4.78, 5) is 7.40. The molecule has 0 saturated heterocycles. The molecule has 0 aliphatic carbocycles. The van der Waals surface area contributed by atoms with Crippen LogP contribution in [0.2, 0.25) is 0 Å². The first-order valence-electron chi connectivity index (χ1n) is 8.30. The van der Waals surface area contributed by atoms with Crippen LogP contribution in [0.4, 0.5) is 32.3 Å². The largest absolute Gasteiger partial charge is 0.438 e. The number of hydrogen-bond donors (Lipinski definition) is 1. The van der Waals surface area contributed by atoms with Crippen LogP contribution in [0.1, 0.15) is 32.9 Å². The maximum absolute atomic E-state index is 13.7. The lowest BCUT2D eigenvalue weighted by molar-refractivity contribution is -0.254. The topological polar surface area (TPSA) is 61.6 Å². The molecule has 3 rings (SSSR count). The molecule has 0 amide bonds. The molecule has 1 aliphatic rings. The van der Waals surface area contributed by atoms with Crippen molar-refractivity contribution in [2.24, 2.45) is 10.5 Å². The number of thiophene rings is 1. The summed E-state index contributed by atoms with van der Waals surface area (Å²) in [6.07, 6.45) is -11.1. The molecule has 0 radical (unpaired) electrons. The number of hydrazone groups is 1. The molecule has 2 aromatic rings. The monoisotopic (exact) mass is 438 g/mol. The van der Waals surface area contributed by atoms with Crippen molar-refractivity contribution in [3.8, 4) is 10.6 Å². The third-order valence-corrected chi connectivity index (χ3v) is 5.17. The second kappa shape index (κ2) is 6.66. The van der Waals surface area contributed by atoms with E-state index >= 15 is 0 Å².